The van der Waals surface area contributed by atoms with Crippen LogP contribution in [0.5, 0.6) is 0 Å². The normalized spacial score (nSPS) is 19.1. The van der Waals surface area contributed by atoms with Crippen molar-refractivity contribution >= 4 is 51.3 Å². The van der Waals surface area contributed by atoms with Gasteiger partial charge in [-0.3, -0.25) is 24.5 Å². The summed E-state index contributed by atoms with van der Waals surface area (Å²) in [6, 6.07) is 9.81. The van der Waals surface area contributed by atoms with E-state index in [1.165, 1.54) is 12.1 Å². The predicted octanol–water partition coefficient (Wildman–Crippen LogP) is 2.65. The molecule has 162 valence electrons. The highest BCUT2D eigenvalue weighted by molar-refractivity contribution is 7.17. The van der Waals surface area contributed by atoms with Gasteiger partial charge in [-0.1, -0.05) is 35.1 Å². The maximum Gasteiger partial charge on any atom is 0.324 e. The average molecular weight is 463 g/mol. The Hall–Kier alpha value is -2.98. The lowest BCUT2D eigenvalue weighted by Crippen LogP contribution is -2.52. The molecule has 0 radical (unpaired) electrons. The Kier molecular flexibility index (Phi) is 5.92. The number of carbonyl (C=O) groups is 3. The zero-order valence-corrected chi connectivity index (χ0v) is 18.0. The largest absolute Gasteiger partial charge is 0.339 e. The van der Waals surface area contributed by atoms with Crippen LogP contribution in [0.1, 0.15) is 16.1 Å². The number of halogens is 1. The van der Waals surface area contributed by atoms with E-state index in [9.17, 15) is 24.5 Å². The van der Waals surface area contributed by atoms with Crippen LogP contribution in [0.2, 0.25) is 5.02 Å². The smallest absolute Gasteiger partial charge is 0.324 e. The second kappa shape index (κ2) is 8.64. The highest BCUT2D eigenvalue weighted by Gasteiger charge is 2.39. The molecule has 2 saturated heterocycles. The number of hydrogen-bond acceptors (Lipinski definition) is 6. The molecule has 31 heavy (non-hydrogen) atoms. The van der Waals surface area contributed by atoms with E-state index in [0.717, 1.165) is 11.3 Å². The number of thiophene rings is 1. The van der Waals surface area contributed by atoms with Gasteiger partial charge in [0.25, 0.3) is 5.91 Å². The van der Waals surface area contributed by atoms with Crippen LogP contribution in [-0.2, 0) is 9.59 Å². The summed E-state index contributed by atoms with van der Waals surface area (Å²) in [5, 5.41) is 11.2. The van der Waals surface area contributed by atoms with E-state index in [1.807, 2.05) is 0 Å². The van der Waals surface area contributed by atoms with Gasteiger partial charge >= 0.3 is 5.00 Å². The molecule has 4 rings (SSSR count). The molecule has 3 heterocycles. The summed E-state index contributed by atoms with van der Waals surface area (Å²) in [6.07, 6.45) is 0.127. The highest BCUT2D eigenvalue weighted by atomic mass is 35.5. The first-order valence-electron chi connectivity index (χ1n) is 9.72. The molecule has 3 amide bonds. The number of amides is 3. The van der Waals surface area contributed by atoms with Crippen molar-refractivity contribution in [1.82, 2.24) is 9.80 Å². The van der Waals surface area contributed by atoms with E-state index in [4.69, 9.17) is 11.6 Å². The quantitative estimate of drug-likeness (QED) is 0.513. The van der Waals surface area contributed by atoms with Crippen LogP contribution in [-0.4, -0.2) is 65.2 Å². The molecule has 0 aliphatic carbocycles. The molecule has 0 spiro atoms. The zero-order chi connectivity index (χ0) is 22.1. The predicted molar refractivity (Wildman–Crippen MR) is 115 cm³/mol. The molecule has 2 aliphatic rings. The second-order valence-corrected chi connectivity index (χ2v) is 8.84. The topological polar surface area (TPSA) is 104 Å². The lowest BCUT2D eigenvalue weighted by molar-refractivity contribution is -0.380. The van der Waals surface area contributed by atoms with Gasteiger partial charge in [0.1, 0.15) is 0 Å². The second-order valence-electron chi connectivity index (χ2n) is 7.37. The number of hydrogen-bond donors (Lipinski definition) is 0. The van der Waals surface area contributed by atoms with Crippen molar-refractivity contribution in [2.24, 2.45) is 5.92 Å². The first-order chi connectivity index (χ1) is 14.8. The molecular formula is C20H19ClN4O5S. The van der Waals surface area contributed by atoms with Gasteiger partial charge in [-0.2, -0.15) is 0 Å². The molecule has 2 fully saturated rings. The Morgan fingerprint density at radius 2 is 1.74 bits per heavy atom. The van der Waals surface area contributed by atoms with Crippen molar-refractivity contribution in [1.29, 1.82) is 0 Å². The van der Waals surface area contributed by atoms with Crippen LogP contribution in [0.25, 0.3) is 0 Å². The van der Waals surface area contributed by atoms with E-state index >= 15 is 0 Å². The maximum atomic E-state index is 13.0. The Morgan fingerprint density at radius 3 is 2.39 bits per heavy atom. The van der Waals surface area contributed by atoms with Crippen LogP contribution in [0.3, 0.4) is 0 Å². The van der Waals surface area contributed by atoms with E-state index in [0.29, 0.717) is 41.8 Å². The molecule has 1 unspecified atom stereocenters. The molecule has 0 N–H and O–H groups in total. The zero-order valence-electron chi connectivity index (χ0n) is 16.4. The summed E-state index contributed by atoms with van der Waals surface area (Å²) in [4.78, 5) is 53.5. The Labute approximate surface area is 186 Å². The number of anilines is 1. The monoisotopic (exact) mass is 462 g/mol. The summed E-state index contributed by atoms with van der Waals surface area (Å²) < 4.78 is 0. The maximum absolute atomic E-state index is 13.0. The van der Waals surface area contributed by atoms with Crippen LogP contribution >= 0.6 is 22.9 Å². The van der Waals surface area contributed by atoms with Gasteiger partial charge in [0.05, 0.1) is 26.4 Å². The van der Waals surface area contributed by atoms with Gasteiger partial charge in [0.15, 0.2) is 0 Å². The first-order valence-corrected chi connectivity index (χ1v) is 10.9. The third-order valence-corrected chi connectivity index (χ3v) is 6.82. The van der Waals surface area contributed by atoms with E-state index in [1.54, 1.807) is 39.0 Å². The number of piperazine rings is 1. The van der Waals surface area contributed by atoms with Crippen molar-refractivity contribution in [3.63, 3.8) is 0 Å². The number of nitro groups is 1. The fraction of sp³-hybridized carbons (Fsp3) is 0.350. The molecule has 1 aromatic heterocycles. The SMILES string of the molecule is O=C(c1ccc([N+](=O)[O-])s1)N1CCN(C(=O)C2CC(=O)N(c3ccccc3Cl)C2)CC1. The molecular weight excluding hydrogens is 444 g/mol. The summed E-state index contributed by atoms with van der Waals surface area (Å²) in [6.45, 7) is 1.67. The minimum absolute atomic E-state index is 0.0777. The standard InChI is InChI=1S/C20H19ClN4O5S/c21-14-3-1-2-4-15(14)24-12-13(11-17(24)26)19(27)22-7-9-23(10-8-22)20(28)16-5-6-18(31-16)25(29)30/h1-6,13H,7-12H2. The summed E-state index contributed by atoms with van der Waals surface area (Å²) in [5.74, 6) is -0.974. The fourth-order valence-electron chi connectivity index (χ4n) is 3.86. The third kappa shape index (κ3) is 4.26. The number of nitrogens with zero attached hydrogens (tertiary/aromatic N) is 4. The first kappa shape index (κ1) is 21.3. The number of carbonyl (C=O) groups excluding carboxylic acids is 3. The Morgan fingerprint density at radius 1 is 1.06 bits per heavy atom. The van der Waals surface area contributed by atoms with Crippen LogP contribution in [0.4, 0.5) is 10.7 Å². The van der Waals surface area contributed by atoms with Gasteiger partial charge in [-0.05, 0) is 18.2 Å². The molecule has 0 saturated carbocycles. The summed E-state index contributed by atoms with van der Waals surface area (Å²) in [7, 11) is 0. The van der Waals surface area contributed by atoms with E-state index in [-0.39, 0.29) is 35.7 Å². The fourth-order valence-corrected chi connectivity index (χ4v) is 4.89. The van der Waals surface area contributed by atoms with Gasteiger partial charge < -0.3 is 14.7 Å². The lowest BCUT2D eigenvalue weighted by Gasteiger charge is -2.35. The number of benzene rings is 1. The Bertz CT molecular complexity index is 1050. The van der Waals surface area contributed by atoms with Crippen molar-refractivity contribution < 1.29 is 19.3 Å². The summed E-state index contributed by atoms with van der Waals surface area (Å²) in [5.41, 5.74) is 0.602. The van der Waals surface area contributed by atoms with Gasteiger partial charge in [-0.15, -0.1) is 0 Å². The molecule has 1 atom stereocenters. The van der Waals surface area contributed by atoms with Gasteiger partial charge in [0.2, 0.25) is 11.8 Å². The molecule has 11 heteroatoms. The number of para-hydroxylation sites is 1. The minimum atomic E-state index is -0.521. The molecule has 2 aromatic rings. The van der Waals surface area contributed by atoms with Crippen LogP contribution in [0.15, 0.2) is 36.4 Å². The van der Waals surface area contributed by atoms with Gasteiger partial charge in [-0.25, -0.2) is 0 Å². The van der Waals surface area contributed by atoms with Crippen LogP contribution in [0, 0.1) is 16.0 Å². The number of rotatable bonds is 4. The van der Waals surface area contributed by atoms with E-state index in [2.05, 4.69) is 0 Å². The molecule has 2 aliphatic heterocycles. The van der Waals surface area contributed by atoms with E-state index < -0.39 is 10.8 Å². The molecule has 0 bridgehead atoms. The minimum Gasteiger partial charge on any atom is -0.339 e. The van der Waals surface area contributed by atoms with Crippen molar-refractivity contribution in [2.75, 3.05) is 37.6 Å². The third-order valence-electron chi connectivity index (χ3n) is 5.48. The highest BCUT2D eigenvalue weighted by Crippen LogP contribution is 2.32. The van der Waals surface area contributed by atoms with Gasteiger partial charge in [0, 0.05) is 45.2 Å². The Balaban J connectivity index is 1.35. The van der Waals surface area contributed by atoms with Crippen molar-refractivity contribution in [3.8, 4) is 0 Å². The van der Waals surface area contributed by atoms with Crippen molar-refractivity contribution in [2.45, 2.75) is 6.42 Å². The van der Waals surface area contributed by atoms with Crippen molar-refractivity contribution in [3.05, 3.63) is 56.4 Å². The summed E-state index contributed by atoms with van der Waals surface area (Å²) >= 11 is 7.04. The lowest BCUT2D eigenvalue weighted by atomic mass is 10.1. The molecule has 1 aromatic carbocycles. The average Bonchev–Trinajstić information content (AvgIpc) is 3.41. The molecule has 9 nitrogen and oxygen atoms in total. The van der Waals surface area contributed by atoms with Crippen LogP contribution < -0.4 is 4.90 Å².